The van der Waals surface area contributed by atoms with Crippen molar-refractivity contribution in [3.8, 4) is 22.8 Å². The van der Waals surface area contributed by atoms with Gasteiger partial charge in [-0.2, -0.15) is 0 Å². The minimum atomic E-state index is -0.0178. The highest BCUT2D eigenvalue weighted by molar-refractivity contribution is 7.12. The van der Waals surface area contributed by atoms with Crippen molar-refractivity contribution in [1.82, 2.24) is 4.98 Å². The van der Waals surface area contributed by atoms with Crippen LogP contribution < -0.4 is 9.47 Å². The largest absolute Gasteiger partial charge is 0.454 e. The van der Waals surface area contributed by atoms with Crippen LogP contribution in [0.2, 0.25) is 0 Å². The highest BCUT2D eigenvalue weighted by Crippen LogP contribution is 2.37. The van der Waals surface area contributed by atoms with E-state index >= 15 is 0 Å². The predicted octanol–water partition coefficient (Wildman–Crippen LogP) is 2.34. The van der Waals surface area contributed by atoms with E-state index in [2.05, 4.69) is 4.98 Å². The molecule has 1 aliphatic heterocycles. The molecule has 0 atom stereocenters. The quantitative estimate of drug-likeness (QED) is 0.887. The van der Waals surface area contributed by atoms with Crippen molar-refractivity contribution >= 4 is 11.3 Å². The molecule has 0 spiro atoms. The standard InChI is InChI=1S/C12H11NO3S/c1-7-12(13-11(5-14)17-7)8-2-3-9-10(4-8)16-6-15-9/h2-4,14H,5-6H2,1H3. The van der Waals surface area contributed by atoms with Crippen molar-refractivity contribution in [2.75, 3.05) is 6.79 Å². The molecule has 0 saturated heterocycles. The molecule has 0 bridgehead atoms. The number of benzene rings is 1. The van der Waals surface area contributed by atoms with Crippen LogP contribution >= 0.6 is 11.3 Å². The lowest BCUT2D eigenvalue weighted by molar-refractivity contribution is 0.174. The minimum absolute atomic E-state index is 0.0178. The molecule has 1 aromatic carbocycles. The number of hydrogen-bond donors (Lipinski definition) is 1. The summed E-state index contributed by atoms with van der Waals surface area (Å²) < 4.78 is 10.6. The van der Waals surface area contributed by atoms with Crippen LogP contribution in [-0.2, 0) is 6.61 Å². The van der Waals surface area contributed by atoms with Gasteiger partial charge < -0.3 is 14.6 Å². The third-order valence-electron chi connectivity index (χ3n) is 2.62. The van der Waals surface area contributed by atoms with Gasteiger partial charge in [-0.3, -0.25) is 0 Å². The van der Waals surface area contributed by atoms with Gasteiger partial charge in [0.15, 0.2) is 11.5 Å². The van der Waals surface area contributed by atoms with Crippen LogP contribution in [0.3, 0.4) is 0 Å². The number of thiazole rings is 1. The van der Waals surface area contributed by atoms with Crippen LogP contribution in [0.4, 0.5) is 0 Å². The highest BCUT2D eigenvalue weighted by Gasteiger charge is 2.16. The molecule has 3 rings (SSSR count). The maximum atomic E-state index is 9.08. The summed E-state index contributed by atoms with van der Waals surface area (Å²) in [5, 5.41) is 9.81. The van der Waals surface area contributed by atoms with Crippen molar-refractivity contribution in [2.45, 2.75) is 13.5 Å². The SMILES string of the molecule is Cc1sc(CO)nc1-c1ccc2c(c1)OCO2. The molecule has 0 unspecified atom stereocenters. The summed E-state index contributed by atoms with van der Waals surface area (Å²) >= 11 is 1.51. The lowest BCUT2D eigenvalue weighted by Gasteiger charge is -2.00. The summed E-state index contributed by atoms with van der Waals surface area (Å²) in [4.78, 5) is 5.49. The van der Waals surface area contributed by atoms with E-state index in [1.165, 1.54) is 11.3 Å². The third-order valence-corrected chi connectivity index (χ3v) is 3.58. The first-order valence-corrected chi connectivity index (χ1v) is 6.07. The van der Waals surface area contributed by atoms with Crippen molar-refractivity contribution in [3.05, 3.63) is 28.1 Å². The monoisotopic (exact) mass is 249 g/mol. The van der Waals surface area contributed by atoms with Crippen molar-refractivity contribution < 1.29 is 14.6 Å². The fourth-order valence-electron chi connectivity index (χ4n) is 1.83. The fourth-order valence-corrected chi connectivity index (χ4v) is 2.65. The van der Waals surface area contributed by atoms with E-state index in [1.807, 2.05) is 25.1 Å². The first kappa shape index (κ1) is 10.6. The lowest BCUT2D eigenvalue weighted by Crippen LogP contribution is -1.92. The second-order valence-electron chi connectivity index (χ2n) is 3.74. The van der Waals surface area contributed by atoms with Gasteiger partial charge in [-0.05, 0) is 25.1 Å². The van der Waals surface area contributed by atoms with E-state index in [1.54, 1.807) is 0 Å². The molecule has 17 heavy (non-hydrogen) atoms. The Morgan fingerprint density at radius 3 is 2.94 bits per heavy atom. The second-order valence-corrected chi connectivity index (χ2v) is 5.03. The molecule has 2 aromatic rings. The van der Waals surface area contributed by atoms with E-state index in [0.717, 1.165) is 32.6 Å². The van der Waals surface area contributed by atoms with Gasteiger partial charge in [0.05, 0.1) is 12.3 Å². The van der Waals surface area contributed by atoms with Gasteiger partial charge in [0, 0.05) is 10.4 Å². The Balaban J connectivity index is 2.06. The summed E-state index contributed by atoms with van der Waals surface area (Å²) in [6, 6.07) is 5.76. The zero-order valence-corrected chi connectivity index (χ0v) is 10.1. The lowest BCUT2D eigenvalue weighted by atomic mass is 10.1. The molecule has 2 heterocycles. The van der Waals surface area contributed by atoms with Gasteiger partial charge in [0.1, 0.15) is 5.01 Å². The van der Waals surface area contributed by atoms with Crippen LogP contribution in [0, 0.1) is 6.92 Å². The molecular formula is C12H11NO3S. The minimum Gasteiger partial charge on any atom is -0.454 e. The van der Waals surface area contributed by atoms with Crippen molar-refractivity contribution in [2.24, 2.45) is 0 Å². The van der Waals surface area contributed by atoms with Crippen LogP contribution in [-0.4, -0.2) is 16.9 Å². The number of ether oxygens (including phenoxy) is 2. The van der Waals surface area contributed by atoms with Gasteiger partial charge in [-0.25, -0.2) is 4.98 Å². The number of aliphatic hydroxyl groups excluding tert-OH is 1. The molecular weight excluding hydrogens is 238 g/mol. The summed E-state index contributed by atoms with van der Waals surface area (Å²) in [6.07, 6.45) is 0. The van der Waals surface area contributed by atoms with Crippen LogP contribution in [0.1, 0.15) is 9.88 Å². The molecule has 0 amide bonds. The number of aromatic nitrogens is 1. The Kier molecular flexibility index (Phi) is 2.49. The van der Waals surface area contributed by atoms with Crippen LogP contribution in [0.15, 0.2) is 18.2 Å². The molecule has 0 fully saturated rings. The molecule has 0 radical (unpaired) electrons. The molecule has 1 aromatic heterocycles. The smallest absolute Gasteiger partial charge is 0.231 e. The van der Waals surface area contributed by atoms with Crippen LogP contribution in [0.5, 0.6) is 11.5 Å². The Labute approximate surface area is 102 Å². The maximum Gasteiger partial charge on any atom is 0.231 e. The Morgan fingerprint density at radius 2 is 2.18 bits per heavy atom. The summed E-state index contributed by atoms with van der Waals surface area (Å²) in [7, 11) is 0. The number of rotatable bonds is 2. The number of aryl methyl sites for hydroxylation is 1. The van der Waals surface area contributed by atoms with Gasteiger partial charge in [-0.1, -0.05) is 0 Å². The second kappa shape index (κ2) is 4.01. The molecule has 5 heteroatoms. The molecule has 1 aliphatic rings. The Hall–Kier alpha value is -1.59. The molecule has 1 N–H and O–H groups in total. The van der Waals surface area contributed by atoms with E-state index in [4.69, 9.17) is 14.6 Å². The average Bonchev–Trinajstić information content (AvgIpc) is 2.93. The van der Waals surface area contributed by atoms with Crippen LogP contribution in [0.25, 0.3) is 11.3 Å². The van der Waals surface area contributed by atoms with Gasteiger partial charge in [0.2, 0.25) is 6.79 Å². The number of nitrogens with zero attached hydrogens (tertiary/aromatic N) is 1. The highest BCUT2D eigenvalue weighted by atomic mass is 32.1. The summed E-state index contributed by atoms with van der Waals surface area (Å²) in [5.41, 5.74) is 1.89. The number of hydrogen-bond acceptors (Lipinski definition) is 5. The number of fused-ring (bicyclic) bond motifs is 1. The predicted molar refractivity (Wildman–Crippen MR) is 64.3 cm³/mol. The third kappa shape index (κ3) is 1.77. The summed E-state index contributed by atoms with van der Waals surface area (Å²) in [6.45, 7) is 2.25. The van der Waals surface area contributed by atoms with E-state index in [0.29, 0.717) is 0 Å². The topological polar surface area (TPSA) is 51.6 Å². The zero-order chi connectivity index (χ0) is 11.8. The molecule has 4 nitrogen and oxygen atoms in total. The zero-order valence-electron chi connectivity index (χ0n) is 9.27. The molecule has 0 aliphatic carbocycles. The van der Waals surface area contributed by atoms with E-state index in [-0.39, 0.29) is 13.4 Å². The Morgan fingerprint density at radius 1 is 1.35 bits per heavy atom. The van der Waals surface area contributed by atoms with Gasteiger partial charge in [-0.15, -0.1) is 11.3 Å². The van der Waals surface area contributed by atoms with Crippen molar-refractivity contribution in [3.63, 3.8) is 0 Å². The Bertz CT molecular complexity index is 565. The average molecular weight is 249 g/mol. The normalized spacial score (nSPS) is 13.1. The van der Waals surface area contributed by atoms with E-state index < -0.39 is 0 Å². The fraction of sp³-hybridized carbons (Fsp3) is 0.250. The van der Waals surface area contributed by atoms with Gasteiger partial charge in [0.25, 0.3) is 0 Å². The number of aliphatic hydroxyl groups is 1. The van der Waals surface area contributed by atoms with Crippen molar-refractivity contribution in [1.29, 1.82) is 0 Å². The molecule has 88 valence electrons. The molecule has 0 saturated carbocycles. The first-order valence-electron chi connectivity index (χ1n) is 5.25. The maximum absolute atomic E-state index is 9.08. The first-order chi connectivity index (χ1) is 8.28. The summed E-state index contributed by atoms with van der Waals surface area (Å²) in [5.74, 6) is 1.52. The van der Waals surface area contributed by atoms with E-state index in [9.17, 15) is 0 Å². The van der Waals surface area contributed by atoms with Gasteiger partial charge >= 0.3 is 0 Å².